The van der Waals surface area contributed by atoms with Crippen LogP contribution in [0.2, 0.25) is 0 Å². The molecular formula is C21H35N3O3. The lowest BCUT2D eigenvalue weighted by atomic mass is 9.98. The first-order valence-corrected chi connectivity index (χ1v) is 9.84. The van der Waals surface area contributed by atoms with Gasteiger partial charge in [-0.2, -0.15) is 0 Å². The average Bonchev–Trinajstić information content (AvgIpc) is 2.52. The predicted octanol–water partition coefficient (Wildman–Crippen LogP) is 4.00. The van der Waals surface area contributed by atoms with Gasteiger partial charge in [0.2, 0.25) is 5.88 Å². The molecule has 6 heteroatoms. The van der Waals surface area contributed by atoms with Gasteiger partial charge in [-0.25, -0.2) is 9.78 Å². The molecule has 1 amide bonds. The van der Waals surface area contributed by atoms with Crippen LogP contribution in [0.5, 0.6) is 5.88 Å². The normalized spacial score (nSPS) is 18.3. The fraction of sp³-hybridized carbons (Fsp3) is 0.714. The molecule has 1 atom stereocenters. The summed E-state index contributed by atoms with van der Waals surface area (Å²) in [6, 6.07) is 3.97. The lowest BCUT2D eigenvalue weighted by Crippen LogP contribution is -2.45. The van der Waals surface area contributed by atoms with Crippen LogP contribution in [-0.4, -0.2) is 46.8 Å². The summed E-state index contributed by atoms with van der Waals surface area (Å²) >= 11 is 0. The molecule has 152 valence electrons. The number of carbonyl (C=O) groups excluding carboxylic acids is 1. The monoisotopic (exact) mass is 377 g/mol. The number of rotatable bonds is 5. The molecule has 1 N–H and O–H groups in total. The summed E-state index contributed by atoms with van der Waals surface area (Å²) in [5, 5.41) is 3.51. The first-order chi connectivity index (χ1) is 12.5. The van der Waals surface area contributed by atoms with Gasteiger partial charge in [0.05, 0.1) is 0 Å². The maximum atomic E-state index is 12.3. The molecular weight excluding hydrogens is 342 g/mol. The number of piperidine rings is 1. The highest BCUT2D eigenvalue weighted by Crippen LogP contribution is 2.20. The molecule has 1 aliphatic rings. The first-order valence-electron chi connectivity index (χ1n) is 9.84. The summed E-state index contributed by atoms with van der Waals surface area (Å²) in [6.45, 7) is 14.9. The van der Waals surface area contributed by atoms with E-state index in [0.29, 0.717) is 11.8 Å². The van der Waals surface area contributed by atoms with Crippen molar-refractivity contribution in [2.75, 3.05) is 19.6 Å². The zero-order valence-electron chi connectivity index (χ0n) is 17.7. The average molecular weight is 378 g/mol. The number of aromatic nitrogens is 1. The van der Waals surface area contributed by atoms with E-state index in [1.165, 1.54) is 0 Å². The fourth-order valence-corrected chi connectivity index (χ4v) is 3.07. The van der Waals surface area contributed by atoms with Crippen molar-refractivity contribution in [2.45, 2.75) is 72.1 Å². The zero-order chi connectivity index (χ0) is 20.1. The molecule has 6 nitrogen and oxygen atoms in total. The van der Waals surface area contributed by atoms with Gasteiger partial charge < -0.3 is 19.7 Å². The van der Waals surface area contributed by atoms with Crippen molar-refractivity contribution in [1.29, 1.82) is 0 Å². The van der Waals surface area contributed by atoms with E-state index in [-0.39, 0.29) is 11.7 Å². The molecule has 0 aliphatic carbocycles. The minimum atomic E-state index is -0.448. The first kappa shape index (κ1) is 21.5. The summed E-state index contributed by atoms with van der Waals surface area (Å²) in [7, 11) is 0. The molecule has 0 radical (unpaired) electrons. The van der Waals surface area contributed by atoms with E-state index >= 15 is 0 Å². The van der Waals surface area contributed by atoms with E-state index in [2.05, 4.69) is 10.3 Å². The Morgan fingerprint density at radius 1 is 1.26 bits per heavy atom. The molecule has 1 fully saturated rings. The maximum absolute atomic E-state index is 12.3. The number of hydrogen-bond acceptors (Lipinski definition) is 5. The largest absolute Gasteiger partial charge is 0.472 e. The van der Waals surface area contributed by atoms with E-state index < -0.39 is 5.60 Å². The zero-order valence-corrected chi connectivity index (χ0v) is 17.7. The lowest BCUT2D eigenvalue weighted by Gasteiger charge is -2.34. The third-order valence-corrected chi connectivity index (χ3v) is 4.14. The van der Waals surface area contributed by atoms with Crippen molar-refractivity contribution in [3.8, 4) is 5.88 Å². The van der Waals surface area contributed by atoms with Gasteiger partial charge in [0, 0.05) is 31.9 Å². The second-order valence-electron chi connectivity index (χ2n) is 9.28. The Morgan fingerprint density at radius 2 is 2.00 bits per heavy atom. The molecule has 1 aromatic rings. The quantitative estimate of drug-likeness (QED) is 0.840. The van der Waals surface area contributed by atoms with Gasteiger partial charge in [-0.1, -0.05) is 0 Å². The molecule has 27 heavy (non-hydrogen) atoms. The third-order valence-electron chi connectivity index (χ3n) is 4.14. The highest BCUT2D eigenvalue weighted by Gasteiger charge is 2.27. The predicted molar refractivity (Wildman–Crippen MR) is 107 cm³/mol. The summed E-state index contributed by atoms with van der Waals surface area (Å²) in [5.41, 5.74) is 0.437. The summed E-state index contributed by atoms with van der Waals surface area (Å²) in [5.74, 6) is 1.09. The van der Waals surface area contributed by atoms with Crippen molar-refractivity contribution >= 4 is 6.09 Å². The lowest BCUT2D eigenvalue weighted by molar-refractivity contribution is 0.0166. The molecule has 1 unspecified atom stereocenters. The molecule has 0 saturated carbocycles. The van der Waals surface area contributed by atoms with Crippen LogP contribution in [-0.2, 0) is 11.3 Å². The Hall–Kier alpha value is -1.82. The van der Waals surface area contributed by atoms with Crippen LogP contribution >= 0.6 is 0 Å². The SMILES string of the molecule is CC(C)(C)OC(=O)N1CCCC(CNCc2ccnc(OC(C)(C)C)c2)C1. The molecule has 2 rings (SSSR count). The van der Waals surface area contributed by atoms with Crippen molar-refractivity contribution in [2.24, 2.45) is 5.92 Å². The number of hydrogen-bond donors (Lipinski definition) is 1. The second-order valence-corrected chi connectivity index (χ2v) is 9.28. The van der Waals surface area contributed by atoms with Crippen LogP contribution in [0.15, 0.2) is 18.3 Å². The van der Waals surface area contributed by atoms with Gasteiger partial charge >= 0.3 is 6.09 Å². The van der Waals surface area contributed by atoms with Gasteiger partial charge in [0.1, 0.15) is 11.2 Å². The summed E-state index contributed by atoms with van der Waals surface area (Å²) in [4.78, 5) is 18.4. The Bertz CT molecular complexity index is 620. The van der Waals surface area contributed by atoms with Crippen LogP contribution in [0.3, 0.4) is 0 Å². The van der Waals surface area contributed by atoms with E-state index in [4.69, 9.17) is 9.47 Å². The summed E-state index contributed by atoms with van der Waals surface area (Å²) < 4.78 is 11.3. The summed E-state index contributed by atoms with van der Waals surface area (Å²) in [6.07, 6.45) is 3.72. The molecule has 0 aromatic carbocycles. The Balaban J connectivity index is 1.80. The number of nitrogens with one attached hydrogen (secondary N) is 1. The molecule has 1 aliphatic heterocycles. The van der Waals surface area contributed by atoms with Crippen LogP contribution in [0.25, 0.3) is 0 Å². The molecule has 0 bridgehead atoms. The molecule has 1 aromatic heterocycles. The Labute approximate surface area is 163 Å². The molecule has 0 spiro atoms. The van der Waals surface area contributed by atoms with Gasteiger partial charge in [-0.3, -0.25) is 0 Å². The number of likely N-dealkylation sites (tertiary alicyclic amines) is 1. The topological polar surface area (TPSA) is 63.7 Å². The number of nitrogens with zero attached hydrogens (tertiary/aromatic N) is 2. The minimum Gasteiger partial charge on any atom is -0.472 e. The van der Waals surface area contributed by atoms with Crippen molar-refractivity contribution in [1.82, 2.24) is 15.2 Å². The Morgan fingerprint density at radius 3 is 2.67 bits per heavy atom. The van der Waals surface area contributed by atoms with E-state index in [1.54, 1.807) is 6.20 Å². The van der Waals surface area contributed by atoms with Crippen molar-refractivity contribution in [3.05, 3.63) is 23.9 Å². The van der Waals surface area contributed by atoms with Crippen LogP contribution in [0.4, 0.5) is 4.79 Å². The second kappa shape index (κ2) is 8.91. The fourth-order valence-electron chi connectivity index (χ4n) is 3.07. The number of pyridine rings is 1. The Kier molecular flexibility index (Phi) is 7.09. The minimum absolute atomic E-state index is 0.203. The van der Waals surface area contributed by atoms with E-state index in [1.807, 2.05) is 58.6 Å². The van der Waals surface area contributed by atoms with Gasteiger partial charge in [-0.05, 0) is 78.5 Å². The van der Waals surface area contributed by atoms with Crippen molar-refractivity contribution in [3.63, 3.8) is 0 Å². The van der Waals surface area contributed by atoms with Crippen molar-refractivity contribution < 1.29 is 14.3 Å². The highest BCUT2D eigenvalue weighted by molar-refractivity contribution is 5.68. The highest BCUT2D eigenvalue weighted by atomic mass is 16.6. The standard InChI is InChI=1S/C21H35N3O3/c1-20(2,3)26-18-12-16(9-10-23-18)13-22-14-17-8-7-11-24(15-17)19(25)27-21(4,5)6/h9-10,12,17,22H,7-8,11,13-15H2,1-6H3. The number of ether oxygens (including phenoxy) is 2. The molecule has 1 saturated heterocycles. The number of carbonyl (C=O) groups is 1. The third kappa shape index (κ3) is 8.16. The van der Waals surface area contributed by atoms with Crippen LogP contribution in [0.1, 0.15) is 59.9 Å². The van der Waals surface area contributed by atoms with Crippen LogP contribution in [0, 0.1) is 5.92 Å². The van der Waals surface area contributed by atoms with Crippen LogP contribution < -0.4 is 10.1 Å². The van der Waals surface area contributed by atoms with Gasteiger partial charge in [-0.15, -0.1) is 0 Å². The smallest absolute Gasteiger partial charge is 0.410 e. The van der Waals surface area contributed by atoms with E-state index in [0.717, 1.165) is 44.6 Å². The van der Waals surface area contributed by atoms with Gasteiger partial charge in [0.15, 0.2) is 0 Å². The molecule has 2 heterocycles. The van der Waals surface area contributed by atoms with E-state index in [9.17, 15) is 4.79 Å². The number of amides is 1. The maximum Gasteiger partial charge on any atom is 0.410 e. The van der Waals surface area contributed by atoms with Gasteiger partial charge in [0.25, 0.3) is 0 Å².